The molecule has 134 valence electrons. The van der Waals surface area contributed by atoms with Crippen LogP contribution in [0.4, 0.5) is 11.4 Å². The third-order valence-electron chi connectivity index (χ3n) is 5.01. The van der Waals surface area contributed by atoms with Gasteiger partial charge >= 0.3 is 5.63 Å². The Bertz CT molecular complexity index is 1020. The lowest BCUT2D eigenvalue weighted by molar-refractivity contribution is 0.112. The minimum absolute atomic E-state index is 0.0890. The third kappa shape index (κ3) is 2.52. The number of rotatable bonds is 4. The number of hydrogen-bond acceptors (Lipinski definition) is 6. The van der Waals surface area contributed by atoms with Crippen LogP contribution in [0.5, 0.6) is 0 Å². The predicted octanol–water partition coefficient (Wildman–Crippen LogP) is 4.00. The maximum atomic E-state index is 12.4. The van der Waals surface area contributed by atoms with E-state index in [0.29, 0.717) is 17.4 Å². The van der Waals surface area contributed by atoms with Crippen molar-refractivity contribution >= 4 is 40.0 Å². The second kappa shape index (κ2) is 6.61. The Morgan fingerprint density at radius 2 is 1.85 bits per heavy atom. The van der Waals surface area contributed by atoms with E-state index < -0.39 is 5.63 Å². The molecule has 6 heteroatoms. The highest BCUT2D eigenvalue weighted by atomic mass is 32.1. The van der Waals surface area contributed by atoms with Crippen molar-refractivity contribution in [1.82, 2.24) is 0 Å². The monoisotopic (exact) mass is 368 g/mol. The van der Waals surface area contributed by atoms with Crippen LogP contribution in [0, 0.1) is 0 Å². The number of nitrogens with zero attached hydrogens (tertiary/aromatic N) is 2. The van der Waals surface area contributed by atoms with Crippen molar-refractivity contribution in [2.24, 2.45) is 0 Å². The van der Waals surface area contributed by atoms with Crippen LogP contribution >= 0.6 is 11.3 Å². The van der Waals surface area contributed by atoms with Crippen molar-refractivity contribution < 1.29 is 9.21 Å². The van der Waals surface area contributed by atoms with Crippen molar-refractivity contribution in [3.05, 3.63) is 45.6 Å². The van der Waals surface area contributed by atoms with Crippen molar-refractivity contribution in [1.29, 1.82) is 0 Å². The predicted molar refractivity (Wildman–Crippen MR) is 107 cm³/mol. The standard InChI is InChI=1S/C20H20N2O3S/c1-3-21-7-8-22(4-2)16-11-17-13(10-15(16)21)19(18-6-5-9-26-18)14(12-23)20(24)25-17/h5-6,9-12H,3-4,7-8H2,1-2H3. The highest BCUT2D eigenvalue weighted by Gasteiger charge is 2.25. The maximum Gasteiger partial charge on any atom is 0.347 e. The Morgan fingerprint density at radius 1 is 1.15 bits per heavy atom. The molecule has 3 aromatic rings. The summed E-state index contributed by atoms with van der Waals surface area (Å²) >= 11 is 1.51. The van der Waals surface area contributed by atoms with Gasteiger partial charge in [0.25, 0.3) is 0 Å². The second-order valence-corrected chi connectivity index (χ2v) is 7.22. The number of carbonyl (C=O) groups excluding carboxylic acids is 1. The van der Waals surface area contributed by atoms with Crippen LogP contribution in [0.2, 0.25) is 0 Å². The van der Waals surface area contributed by atoms with E-state index in [4.69, 9.17) is 4.42 Å². The Kier molecular flexibility index (Phi) is 4.28. The van der Waals surface area contributed by atoms with E-state index in [-0.39, 0.29) is 5.56 Å². The summed E-state index contributed by atoms with van der Waals surface area (Å²) in [5, 5.41) is 2.75. The van der Waals surface area contributed by atoms with Crippen molar-refractivity contribution in [3.8, 4) is 10.4 Å². The van der Waals surface area contributed by atoms with E-state index in [1.54, 1.807) is 0 Å². The van der Waals surface area contributed by atoms with Crippen LogP contribution in [0.3, 0.4) is 0 Å². The molecule has 3 heterocycles. The molecule has 2 aromatic heterocycles. The first-order valence-electron chi connectivity index (χ1n) is 8.81. The van der Waals surface area contributed by atoms with Crippen LogP contribution in [-0.2, 0) is 0 Å². The summed E-state index contributed by atoms with van der Waals surface area (Å²) < 4.78 is 5.52. The van der Waals surface area contributed by atoms with Gasteiger partial charge in [-0.3, -0.25) is 4.79 Å². The van der Waals surface area contributed by atoms with Crippen LogP contribution in [-0.4, -0.2) is 32.5 Å². The van der Waals surface area contributed by atoms with Gasteiger partial charge in [0.2, 0.25) is 0 Å². The average molecular weight is 368 g/mol. The minimum Gasteiger partial charge on any atom is -0.422 e. The quantitative estimate of drug-likeness (QED) is 0.515. The van der Waals surface area contributed by atoms with E-state index in [1.165, 1.54) is 11.3 Å². The van der Waals surface area contributed by atoms with Gasteiger partial charge in [0.15, 0.2) is 6.29 Å². The van der Waals surface area contributed by atoms with E-state index >= 15 is 0 Å². The number of thiophene rings is 1. The lowest BCUT2D eigenvalue weighted by Gasteiger charge is -2.38. The Hall–Kier alpha value is -2.60. The fraction of sp³-hybridized carbons (Fsp3) is 0.300. The van der Waals surface area contributed by atoms with Crippen LogP contribution < -0.4 is 15.4 Å². The topological polar surface area (TPSA) is 53.8 Å². The molecule has 1 aromatic carbocycles. The number of carbonyl (C=O) groups is 1. The fourth-order valence-corrected chi connectivity index (χ4v) is 4.48. The van der Waals surface area contributed by atoms with Crippen molar-refractivity contribution in [2.75, 3.05) is 36.0 Å². The molecule has 0 unspecified atom stereocenters. The lowest BCUT2D eigenvalue weighted by atomic mass is 10.0. The highest BCUT2D eigenvalue weighted by molar-refractivity contribution is 7.13. The first-order valence-corrected chi connectivity index (χ1v) is 9.69. The molecule has 1 aliphatic rings. The van der Waals surface area contributed by atoms with Crippen LogP contribution in [0.15, 0.2) is 38.9 Å². The molecular weight excluding hydrogens is 348 g/mol. The number of benzene rings is 1. The van der Waals surface area contributed by atoms with E-state index in [1.807, 2.05) is 23.6 Å². The SMILES string of the molecule is CCN1CCN(CC)c2cc3c(-c4cccs4)c(C=O)c(=O)oc3cc21. The molecular formula is C20H20N2O3S. The molecule has 0 spiro atoms. The lowest BCUT2D eigenvalue weighted by Crippen LogP contribution is -2.40. The van der Waals surface area contributed by atoms with Gasteiger partial charge < -0.3 is 14.2 Å². The normalized spacial score (nSPS) is 13.9. The summed E-state index contributed by atoms with van der Waals surface area (Å²) in [7, 11) is 0. The Labute approximate surface area is 155 Å². The molecule has 0 saturated carbocycles. The molecule has 0 bridgehead atoms. The smallest absolute Gasteiger partial charge is 0.347 e. The summed E-state index contributed by atoms with van der Waals surface area (Å²) in [6.07, 6.45) is 0.607. The zero-order valence-electron chi connectivity index (χ0n) is 14.8. The number of hydrogen-bond donors (Lipinski definition) is 0. The van der Waals surface area contributed by atoms with Crippen molar-refractivity contribution in [2.45, 2.75) is 13.8 Å². The highest BCUT2D eigenvalue weighted by Crippen LogP contribution is 2.41. The van der Waals surface area contributed by atoms with Crippen LogP contribution in [0.25, 0.3) is 21.4 Å². The molecule has 4 rings (SSSR count). The van der Waals surface area contributed by atoms with Gasteiger partial charge in [-0.25, -0.2) is 4.79 Å². The van der Waals surface area contributed by atoms with Gasteiger partial charge in [-0.2, -0.15) is 0 Å². The molecule has 0 N–H and O–H groups in total. The van der Waals surface area contributed by atoms with E-state index in [9.17, 15) is 9.59 Å². The summed E-state index contributed by atoms with van der Waals surface area (Å²) in [5.41, 5.74) is 2.91. The molecule has 0 fully saturated rings. The average Bonchev–Trinajstić information content (AvgIpc) is 3.18. The fourth-order valence-electron chi connectivity index (χ4n) is 3.68. The summed E-state index contributed by atoms with van der Waals surface area (Å²) in [6, 6.07) is 7.87. The number of aldehydes is 1. The van der Waals surface area contributed by atoms with E-state index in [2.05, 4.69) is 29.7 Å². The van der Waals surface area contributed by atoms with Gasteiger partial charge in [-0.1, -0.05) is 6.07 Å². The maximum absolute atomic E-state index is 12.4. The molecule has 5 nitrogen and oxygen atoms in total. The molecule has 0 aliphatic carbocycles. The first-order chi connectivity index (χ1) is 12.7. The Morgan fingerprint density at radius 3 is 2.42 bits per heavy atom. The minimum atomic E-state index is -0.581. The zero-order valence-corrected chi connectivity index (χ0v) is 15.6. The molecule has 0 radical (unpaired) electrons. The van der Waals surface area contributed by atoms with Gasteiger partial charge in [-0.05, 0) is 31.4 Å². The Balaban J connectivity index is 2.09. The summed E-state index contributed by atoms with van der Waals surface area (Å²) in [6.45, 7) is 7.95. The zero-order chi connectivity index (χ0) is 18.3. The molecule has 0 saturated heterocycles. The van der Waals surface area contributed by atoms with Gasteiger partial charge in [-0.15, -0.1) is 11.3 Å². The molecule has 0 amide bonds. The number of likely N-dealkylation sites (N-methyl/N-ethyl adjacent to an activating group) is 2. The van der Waals surface area contributed by atoms with E-state index in [0.717, 1.165) is 47.8 Å². The molecule has 1 aliphatic heterocycles. The van der Waals surface area contributed by atoms with Gasteiger partial charge in [0.05, 0.1) is 11.4 Å². The first kappa shape index (κ1) is 16.8. The van der Waals surface area contributed by atoms with Gasteiger partial charge in [0.1, 0.15) is 11.1 Å². The van der Waals surface area contributed by atoms with Gasteiger partial charge in [0, 0.05) is 48.1 Å². The van der Waals surface area contributed by atoms with Crippen molar-refractivity contribution in [3.63, 3.8) is 0 Å². The molecule has 0 atom stereocenters. The second-order valence-electron chi connectivity index (χ2n) is 6.27. The molecule has 26 heavy (non-hydrogen) atoms. The number of anilines is 2. The van der Waals surface area contributed by atoms with Crippen LogP contribution in [0.1, 0.15) is 24.2 Å². The largest absolute Gasteiger partial charge is 0.422 e. The summed E-state index contributed by atoms with van der Waals surface area (Å²) in [5.74, 6) is 0. The third-order valence-corrected chi connectivity index (χ3v) is 5.90. The number of fused-ring (bicyclic) bond motifs is 2. The summed E-state index contributed by atoms with van der Waals surface area (Å²) in [4.78, 5) is 29.5.